The summed E-state index contributed by atoms with van der Waals surface area (Å²) in [4.78, 5) is 14.4. The molecule has 0 spiro atoms. The molecule has 1 aliphatic rings. The Hall–Kier alpha value is -1.55. The van der Waals surface area contributed by atoms with Crippen LogP contribution in [0.3, 0.4) is 0 Å². The fraction of sp³-hybridized carbons (Fsp3) is 0.533. The minimum atomic E-state index is 0.173. The molecule has 1 aliphatic heterocycles. The van der Waals surface area contributed by atoms with Crippen molar-refractivity contribution in [2.75, 3.05) is 31.6 Å². The van der Waals surface area contributed by atoms with Crippen molar-refractivity contribution >= 4 is 11.5 Å². The quantitative estimate of drug-likeness (QED) is 0.825. The lowest BCUT2D eigenvalue weighted by Gasteiger charge is -2.34. The second kappa shape index (κ2) is 6.06. The van der Waals surface area contributed by atoms with Crippen molar-refractivity contribution < 1.29 is 9.53 Å². The summed E-state index contributed by atoms with van der Waals surface area (Å²) in [6.45, 7) is 6.60. The number of nitrogens with zero attached hydrogens (tertiary/aromatic N) is 1. The van der Waals surface area contributed by atoms with Crippen molar-refractivity contribution in [2.24, 2.45) is 0 Å². The highest BCUT2D eigenvalue weighted by Gasteiger charge is 2.21. The Kier molecular flexibility index (Phi) is 4.43. The van der Waals surface area contributed by atoms with E-state index in [2.05, 4.69) is 24.1 Å². The molecule has 0 bridgehead atoms. The topological polar surface area (TPSA) is 41.6 Å². The van der Waals surface area contributed by atoms with Gasteiger partial charge in [-0.05, 0) is 39.1 Å². The van der Waals surface area contributed by atoms with Crippen molar-refractivity contribution in [3.63, 3.8) is 0 Å². The van der Waals surface area contributed by atoms with Gasteiger partial charge in [-0.25, -0.2) is 0 Å². The van der Waals surface area contributed by atoms with Crippen molar-refractivity contribution in [1.29, 1.82) is 0 Å². The van der Waals surface area contributed by atoms with Gasteiger partial charge < -0.3 is 15.0 Å². The molecule has 0 fully saturated rings. The minimum absolute atomic E-state index is 0.173. The smallest absolute Gasteiger partial charge is 0.164 e. The van der Waals surface area contributed by atoms with Gasteiger partial charge in [-0.2, -0.15) is 0 Å². The molecule has 19 heavy (non-hydrogen) atoms. The van der Waals surface area contributed by atoms with E-state index in [1.54, 1.807) is 0 Å². The lowest BCUT2D eigenvalue weighted by atomic mass is 10.1. The van der Waals surface area contributed by atoms with Crippen LogP contribution >= 0.6 is 0 Å². The van der Waals surface area contributed by atoms with Crippen molar-refractivity contribution in [3.8, 4) is 5.75 Å². The molecule has 4 heteroatoms. The van der Waals surface area contributed by atoms with Crippen LogP contribution in [-0.2, 0) is 0 Å². The first-order valence-electron chi connectivity index (χ1n) is 6.84. The molecule has 0 radical (unpaired) electrons. The standard InChI is InChI=1S/C15H22N2O2/c1-11(2)17-8-9-19-15-5-4-12(10-13(15)17)14(18)6-7-16-3/h4-5,10-11,16H,6-9H2,1-3H3. The Morgan fingerprint density at radius 3 is 2.95 bits per heavy atom. The summed E-state index contributed by atoms with van der Waals surface area (Å²) in [5, 5.41) is 3.00. The zero-order chi connectivity index (χ0) is 13.8. The van der Waals surface area contributed by atoms with E-state index in [1.165, 1.54) is 0 Å². The molecular weight excluding hydrogens is 240 g/mol. The SMILES string of the molecule is CNCCC(=O)c1ccc2c(c1)N(C(C)C)CCO2. The Morgan fingerprint density at radius 2 is 2.26 bits per heavy atom. The molecule has 1 N–H and O–H groups in total. The van der Waals surface area contributed by atoms with E-state index in [0.29, 0.717) is 25.6 Å². The normalized spacial score (nSPS) is 14.2. The summed E-state index contributed by atoms with van der Waals surface area (Å²) in [6.07, 6.45) is 0.526. The molecule has 4 nitrogen and oxygen atoms in total. The van der Waals surface area contributed by atoms with Crippen LogP contribution in [-0.4, -0.2) is 38.6 Å². The van der Waals surface area contributed by atoms with Gasteiger partial charge in [-0.3, -0.25) is 4.79 Å². The van der Waals surface area contributed by atoms with Gasteiger partial charge in [-0.1, -0.05) is 0 Å². The predicted molar refractivity (Wildman–Crippen MR) is 77.3 cm³/mol. The molecule has 1 aromatic carbocycles. The van der Waals surface area contributed by atoms with Gasteiger partial charge in [0.25, 0.3) is 0 Å². The summed E-state index contributed by atoms with van der Waals surface area (Å²) in [5.74, 6) is 1.05. The number of hydrogen-bond acceptors (Lipinski definition) is 4. The molecule has 0 amide bonds. The summed E-state index contributed by atoms with van der Waals surface area (Å²) in [7, 11) is 1.86. The number of carbonyl (C=O) groups is 1. The number of Topliss-reactive ketones (excluding diaryl/α,β-unsaturated/α-hetero) is 1. The first-order chi connectivity index (χ1) is 9.13. The lowest BCUT2D eigenvalue weighted by molar-refractivity contribution is 0.0983. The Balaban J connectivity index is 2.25. The lowest BCUT2D eigenvalue weighted by Crippen LogP contribution is -2.38. The molecule has 0 aromatic heterocycles. The molecule has 2 rings (SSSR count). The zero-order valence-corrected chi connectivity index (χ0v) is 11.9. The van der Waals surface area contributed by atoms with Crippen LogP contribution in [0.5, 0.6) is 5.75 Å². The largest absolute Gasteiger partial charge is 0.490 e. The number of nitrogens with one attached hydrogen (secondary N) is 1. The number of rotatable bonds is 5. The van der Waals surface area contributed by atoms with Crippen molar-refractivity contribution in [3.05, 3.63) is 23.8 Å². The Morgan fingerprint density at radius 1 is 1.47 bits per heavy atom. The van der Waals surface area contributed by atoms with Crippen LogP contribution in [0.15, 0.2) is 18.2 Å². The molecule has 0 aliphatic carbocycles. The molecular formula is C15H22N2O2. The number of ketones is 1. The van der Waals surface area contributed by atoms with E-state index in [-0.39, 0.29) is 5.78 Å². The average Bonchev–Trinajstić information content (AvgIpc) is 2.43. The third kappa shape index (κ3) is 3.07. The number of anilines is 1. The van der Waals surface area contributed by atoms with E-state index >= 15 is 0 Å². The molecule has 1 aromatic rings. The number of benzene rings is 1. The number of ether oxygens (including phenoxy) is 1. The zero-order valence-electron chi connectivity index (χ0n) is 11.9. The van der Waals surface area contributed by atoms with Crippen molar-refractivity contribution in [1.82, 2.24) is 5.32 Å². The maximum atomic E-state index is 12.1. The fourth-order valence-corrected chi connectivity index (χ4v) is 2.33. The highest BCUT2D eigenvalue weighted by molar-refractivity contribution is 5.97. The van der Waals surface area contributed by atoms with Gasteiger partial charge in [-0.15, -0.1) is 0 Å². The van der Waals surface area contributed by atoms with Crippen LogP contribution in [0.2, 0.25) is 0 Å². The highest BCUT2D eigenvalue weighted by atomic mass is 16.5. The van der Waals surface area contributed by atoms with Crippen LogP contribution in [0.25, 0.3) is 0 Å². The second-order valence-corrected chi connectivity index (χ2v) is 5.09. The maximum Gasteiger partial charge on any atom is 0.164 e. The van der Waals surface area contributed by atoms with Crippen LogP contribution in [0.1, 0.15) is 30.6 Å². The number of hydrogen-bond donors (Lipinski definition) is 1. The molecule has 0 unspecified atom stereocenters. The third-order valence-electron chi connectivity index (χ3n) is 3.41. The summed E-state index contributed by atoms with van der Waals surface area (Å²) >= 11 is 0. The molecule has 104 valence electrons. The number of carbonyl (C=O) groups excluding carboxylic acids is 1. The fourth-order valence-electron chi connectivity index (χ4n) is 2.33. The van der Waals surface area contributed by atoms with Gasteiger partial charge in [0.2, 0.25) is 0 Å². The van der Waals surface area contributed by atoms with E-state index < -0.39 is 0 Å². The van der Waals surface area contributed by atoms with Gasteiger partial charge in [0.15, 0.2) is 5.78 Å². The van der Waals surface area contributed by atoms with Crippen LogP contribution in [0, 0.1) is 0 Å². The van der Waals surface area contributed by atoms with E-state index in [0.717, 1.165) is 23.5 Å². The first-order valence-corrected chi connectivity index (χ1v) is 6.84. The molecule has 0 atom stereocenters. The van der Waals surface area contributed by atoms with E-state index in [1.807, 2.05) is 25.2 Å². The van der Waals surface area contributed by atoms with Gasteiger partial charge >= 0.3 is 0 Å². The highest BCUT2D eigenvalue weighted by Crippen LogP contribution is 2.33. The van der Waals surface area contributed by atoms with Crippen LogP contribution < -0.4 is 15.0 Å². The summed E-state index contributed by atoms with van der Waals surface area (Å²) in [5.41, 5.74) is 1.81. The van der Waals surface area contributed by atoms with Gasteiger partial charge in [0.1, 0.15) is 12.4 Å². The average molecular weight is 262 g/mol. The van der Waals surface area contributed by atoms with E-state index in [4.69, 9.17) is 4.74 Å². The van der Waals surface area contributed by atoms with Gasteiger partial charge in [0, 0.05) is 24.6 Å². The third-order valence-corrected chi connectivity index (χ3v) is 3.41. The van der Waals surface area contributed by atoms with Crippen LogP contribution in [0.4, 0.5) is 5.69 Å². The monoisotopic (exact) mass is 262 g/mol. The van der Waals surface area contributed by atoms with E-state index in [9.17, 15) is 4.79 Å². The maximum absolute atomic E-state index is 12.1. The predicted octanol–water partition coefficient (Wildman–Crippen LogP) is 2.09. The molecule has 0 saturated carbocycles. The first kappa shape index (κ1) is 13.9. The summed E-state index contributed by atoms with van der Waals surface area (Å²) < 4.78 is 5.65. The number of fused-ring (bicyclic) bond motifs is 1. The Labute approximate surface area is 114 Å². The Bertz CT molecular complexity index is 457. The molecule has 0 saturated heterocycles. The summed E-state index contributed by atoms with van der Waals surface area (Å²) in [6, 6.07) is 6.15. The second-order valence-electron chi connectivity index (χ2n) is 5.09. The molecule has 1 heterocycles. The van der Waals surface area contributed by atoms with Crippen molar-refractivity contribution in [2.45, 2.75) is 26.3 Å². The minimum Gasteiger partial charge on any atom is -0.490 e. The van der Waals surface area contributed by atoms with Gasteiger partial charge in [0.05, 0.1) is 12.2 Å².